The van der Waals surface area contributed by atoms with Gasteiger partial charge >= 0.3 is 11.9 Å². The van der Waals surface area contributed by atoms with Crippen LogP contribution in [0.1, 0.15) is 52.6 Å². The van der Waals surface area contributed by atoms with E-state index in [1.54, 1.807) is 20.8 Å². The molecule has 0 unspecified atom stereocenters. The van der Waals surface area contributed by atoms with Crippen LogP contribution in [0.25, 0.3) is 0 Å². The molecule has 0 saturated heterocycles. The van der Waals surface area contributed by atoms with Crippen molar-refractivity contribution < 1.29 is 28.9 Å². The van der Waals surface area contributed by atoms with Gasteiger partial charge < -0.3 is 19.3 Å². The van der Waals surface area contributed by atoms with Gasteiger partial charge in [-0.2, -0.15) is 0 Å². The van der Waals surface area contributed by atoms with E-state index in [1.807, 2.05) is 60.7 Å². The lowest BCUT2D eigenvalue weighted by Gasteiger charge is -2.21. The maximum absolute atomic E-state index is 12.7. The molecule has 0 aliphatic carbocycles. The third kappa shape index (κ3) is 6.35. The summed E-state index contributed by atoms with van der Waals surface area (Å²) in [4.78, 5) is 24.8. The van der Waals surface area contributed by atoms with E-state index in [9.17, 15) is 14.7 Å². The first-order valence-corrected chi connectivity index (χ1v) is 10.2. The summed E-state index contributed by atoms with van der Waals surface area (Å²) >= 11 is 0. The van der Waals surface area contributed by atoms with Gasteiger partial charge in [0.15, 0.2) is 0 Å². The molecule has 0 saturated carbocycles. The number of carbonyl (C=O) groups excluding carboxylic acids is 1. The number of ether oxygens (including phenoxy) is 3. The average molecular weight is 434 g/mol. The van der Waals surface area contributed by atoms with Crippen LogP contribution >= 0.6 is 0 Å². The Balaban J connectivity index is 1.98. The molecule has 0 spiro atoms. The zero-order chi connectivity index (χ0) is 23.1. The molecule has 0 atom stereocenters. The highest BCUT2D eigenvalue weighted by Gasteiger charge is 2.25. The number of carboxylic acids is 1. The lowest BCUT2D eigenvalue weighted by Crippen LogP contribution is -2.24. The standard InChI is InChI=1S/C26H26O6/c1-26(2,3)32-25(29)20-14-21(30-16-18-10-6-4-7-11-18)23(24(27)28)22(15-20)31-17-19-12-8-5-9-13-19/h4-15H,16-17H2,1-3H3,(H,27,28). The Hall–Kier alpha value is -3.80. The largest absolute Gasteiger partial charge is 0.488 e. The Bertz CT molecular complexity index is 1000. The van der Waals surface area contributed by atoms with Crippen LogP contribution in [0.3, 0.4) is 0 Å². The molecule has 0 aromatic heterocycles. The monoisotopic (exact) mass is 434 g/mol. The van der Waals surface area contributed by atoms with Crippen LogP contribution in [0.2, 0.25) is 0 Å². The van der Waals surface area contributed by atoms with Crippen LogP contribution in [-0.4, -0.2) is 22.6 Å². The van der Waals surface area contributed by atoms with E-state index >= 15 is 0 Å². The van der Waals surface area contributed by atoms with Crippen LogP contribution in [0.15, 0.2) is 72.8 Å². The Kier molecular flexibility index (Phi) is 7.15. The average Bonchev–Trinajstić information content (AvgIpc) is 2.76. The molecular weight excluding hydrogens is 408 g/mol. The summed E-state index contributed by atoms with van der Waals surface area (Å²) in [6.07, 6.45) is 0. The fraction of sp³-hybridized carbons (Fsp3) is 0.231. The smallest absolute Gasteiger partial charge is 0.343 e. The Morgan fingerprint density at radius 1 is 0.781 bits per heavy atom. The van der Waals surface area contributed by atoms with Crippen LogP contribution < -0.4 is 9.47 Å². The van der Waals surface area contributed by atoms with Crippen LogP contribution in [0, 0.1) is 0 Å². The number of rotatable bonds is 8. The number of carboxylic acid groups (broad SMARTS) is 1. The highest BCUT2D eigenvalue weighted by molar-refractivity contribution is 5.98. The third-order valence-electron chi connectivity index (χ3n) is 4.39. The number of hydrogen-bond acceptors (Lipinski definition) is 5. The summed E-state index contributed by atoms with van der Waals surface area (Å²) in [5.74, 6) is -1.74. The molecule has 0 aliphatic rings. The molecule has 0 fully saturated rings. The summed E-state index contributed by atoms with van der Waals surface area (Å²) in [5.41, 5.74) is 1.01. The molecule has 0 radical (unpaired) electrons. The van der Waals surface area contributed by atoms with Crippen molar-refractivity contribution in [3.63, 3.8) is 0 Å². The molecule has 0 aliphatic heterocycles. The van der Waals surface area contributed by atoms with E-state index in [4.69, 9.17) is 14.2 Å². The fourth-order valence-corrected chi connectivity index (χ4v) is 2.95. The fourth-order valence-electron chi connectivity index (χ4n) is 2.95. The second-order valence-electron chi connectivity index (χ2n) is 8.20. The molecule has 32 heavy (non-hydrogen) atoms. The van der Waals surface area contributed by atoms with Crippen molar-refractivity contribution in [1.82, 2.24) is 0 Å². The second-order valence-corrected chi connectivity index (χ2v) is 8.20. The van der Waals surface area contributed by atoms with E-state index < -0.39 is 17.5 Å². The van der Waals surface area contributed by atoms with Crippen molar-refractivity contribution >= 4 is 11.9 Å². The molecule has 0 heterocycles. The van der Waals surface area contributed by atoms with Gasteiger partial charge in [0, 0.05) is 0 Å². The van der Waals surface area contributed by atoms with Crippen LogP contribution in [-0.2, 0) is 18.0 Å². The number of carbonyl (C=O) groups is 2. The normalized spacial score (nSPS) is 11.0. The molecule has 3 aromatic carbocycles. The van der Waals surface area contributed by atoms with Gasteiger partial charge in [-0.05, 0) is 44.0 Å². The number of aromatic carboxylic acids is 1. The van der Waals surface area contributed by atoms with Crippen molar-refractivity contribution in [3.8, 4) is 11.5 Å². The zero-order valence-electron chi connectivity index (χ0n) is 18.3. The second kappa shape index (κ2) is 10.0. The van der Waals surface area contributed by atoms with Gasteiger partial charge in [0.1, 0.15) is 35.9 Å². The van der Waals surface area contributed by atoms with Crippen LogP contribution in [0.5, 0.6) is 11.5 Å². The van der Waals surface area contributed by atoms with E-state index in [1.165, 1.54) is 12.1 Å². The molecule has 166 valence electrons. The third-order valence-corrected chi connectivity index (χ3v) is 4.39. The molecule has 6 heteroatoms. The quantitative estimate of drug-likeness (QED) is 0.472. The van der Waals surface area contributed by atoms with Crippen molar-refractivity contribution in [2.75, 3.05) is 0 Å². The van der Waals surface area contributed by atoms with Crippen LogP contribution in [0.4, 0.5) is 0 Å². The first kappa shape index (κ1) is 22.9. The first-order chi connectivity index (χ1) is 15.2. The zero-order valence-corrected chi connectivity index (χ0v) is 18.3. The van der Waals surface area contributed by atoms with E-state index in [2.05, 4.69) is 0 Å². The summed E-state index contributed by atoms with van der Waals surface area (Å²) in [5, 5.41) is 9.88. The lowest BCUT2D eigenvalue weighted by atomic mass is 10.1. The summed E-state index contributed by atoms with van der Waals surface area (Å²) in [7, 11) is 0. The molecule has 6 nitrogen and oxygen atoms in total. The number of hydrogen-bond donors (Lipinski definition) is 1. The van der Waals surface area contributed by atoms with Gasteiger partial charge in [-0.15, -0.1) is 0 Å². The predicted octanol–water partition coefficient (Wildman–Crippen LogP) is 5.50. The minimum absolute atomic E-state index is 0.0350. The van der Waals surface area contributed by atoms with Gasteiger partial charge in [0.05, 0.1) is 5.56 Å². The topological polar surface area (TPSA) is 82.1 Å². The molecule has 3 aromatic rings. The van der Waals surface area contributed by atoms with Gasteiger partial charge in [-0.25, -0.2) is 9.59 Å². The minimum Gasteiger partial charge on any atom is -0.488 e. The number of benzene rings is 3. The van der Waals surface area contributed by atoms with E-state index in [0.29, 0.717) is 0 Å². The lowest BCUT2D eigenvalue weighted by molar-refractivity contribution is 0.00680. The Labute approximate surface area is 187 Å². The molecular formula is C26H26O6. The maximum Gasteiger partial charge on any atom is 0.343 e. The molecule has 0 bridgehead atoms. The van der Waals surface area contributed by atoms with E-state index in [0.717, 1.165) is 11.1 Å². The van der Waals surface area contributed by atoms with Gasteiger partial charge in [0.2, 0.25) is 0 Å². The predicted molar refractivity (Wildman–Crippen MR) is 120 cm³/mol. The van der Waals surface area contributed by atoms with Gasteiger partial charge in [-0.1, -0.05) is 60.7 Å². The SMILES string of the molecule is CC(C)(C)OC(=O)c1cc(OCc2ccccc2)c(C(=O)O)c(OCc2ccccc2)c1. The summed E-state index contributed by atoms with van der Waals surface area (Å²) in [6, 6.07) is 21.4. The minimum atomic E-state index is -1.22. The van der Waals surface area contributed by atoms with Crippen molar-refractivity contribution in [2.24, 2.45) is 0 Å². The maximum atomic E-state index is 12.7. The Morgan fingerprint density at radius 3 is 1.59 bits per heavy atom. The first-order valence-electron chi connectivity index (χ1n) is 10.2. The summed E-state index contributed by atoms with van der Waals surface area (Å²) in [6.45, 7) is 5.55. The highest BCUT2D eigenvalue weighted by Crippen LogP contribution is 2.33. The van der Waals surface area contributed by atoms with Crippen molar-refractivity contribution in [1.29, 1.82) is 0 Å². The molecule has 0 amide bonds. The molecule has 1 N–H and O–H groups in total. The van der Waals surface area contributed by atoms with Crippen molar-refractivity contribution in [3.05, 3.63) is 95.1 Å². The van der Waals surface area contributed by atoms with Crippen molar-refractivity contribution in [2.45, 2.75) is 39.6 Å². The van der Waals surface area contributed by atoms with Gasteiger partial charge in [0.25, 0.3) is 0 Å². The Morgan fingerprint density at radius 2 is 1.22 bits per heavy atom. The molecule has 3 rings (SSSR count). The number of esters is 1. The van der Waals surface area contributed by atoms with E-state index in [-0.39, 0.29) is 35.8 Å². The summed E-state index contributed by atoms with van der Waals surface area (Å²) < 4.78 is 17.1. The van der Waals surface area contributed by atoms with Gasteiger partial charge in [-0.3, -0.25) is 0 Å². The highest BCUT2D eigenvalue weighted by atomic mass is 16.6.